The predicted molar refractivity (Wildman–Crippen MR) is 87.4 cm³/mol. The number of thiophene rings is 1. The normalized spacial score (nSPS) is 15.4. The van der Waals surface area contributed by atoms with Crippen LogP contribution in [0.15, 0.2) is 35.7 Å². The average Bonchev–Trinajstić information content (AvgIpc) is 3.02. The monoisotopic (exact) mass is 286 g/mol. The van der Waals surface area contributed by atoms with E-state index in [1.807, 2.05) is 11.3 Å². The topological polar surface area (TPSA) is 24.1 Å². The van der Waals surface area contributed by atoms with E-state index in [-0.39, 0.29) is 0 Å². The maximum Gasteiger partial charge on any atom is 0.0418 e. The van der Waals surface area contributed by atoms with Crippen LogP contribution in [0.5, 0.6) is 0 Å². The predicted octanol–water partition coefficient (Wildman–Crippen LogP) is 4.35. The molecule has 2 aromatic rings. The lowest BCUT2D eigenvalue weighted by Crippen LogP contribution is -2.21. The van der Waals surface area contributed by atoms with Gasteiger partial charge in [0.15, 0.2) is 0 Å². The number of benzene rings is 1. The van der Waals surface area contributed by atoms with Crippen molar-refractivity contribution in [1.82, 2.24) is 5.32 Å². The molecule has 1 aromatic carbocycles. The first kappa shape index (κ1) is 13.7. The van der Waals surface area contributed by atoms with Crippen LogP contribution in [0.2, 0.25) is 0 Å². The summed E-state index contributed by atoms with van der Waals surface area (Å²) in [6.45, 7) is 4.29. The van der Waals surface area contributed by atoms with Gasteiger partial charge in [-0.15, -0.1) is 11.3 Å². The molecule has 1 aromatic heterocycles. The van der Waals surface area contributed by atoms with Gasteiger partial charge in [0.1, 0.15) is 0 Å². The molecule has 1 atom stereocenters. The molecule has 0 amide bonds. The Balaban J connectivity index is 1.72. The van der Waals surface area contributed by atoms with Crippen molar-refractivity contribution in [2.75, 3.05) is 11.9 Å². The maximum absolute atomic E-state index is 3.71. The molecule has 20 heavy (non-hydrogen) atoms. The SMILES string of the molecule is CCC(NCc1cccc2c1NCCC2)c1cccs1. The summed E-state index contributed by atoms with van der Waals surface area (Å²) < 4.78 is 0. The molecule has 0 saturated carbocycles. The quantitative estimate of drug-likeness (QED) is 0.854. The third-order valence-corrected chi connectivity index (χ3v) is 4.98. The molecule has 0 saturated heterocycles. The number of fused-ring (bicyclic) bond motifs is 1. The first-order valence-electron chi connectivity index (χ1n) is 7.50. The van der Waals surface area contributed by atoms with Crippen molar-refractivity contribution in [2.45, 2.75) is 38.8 Å². The number of hydrogen-bond acceptors (Lipinski definition) is 3. The largest absolute Gasteiger partial charge is 0.385 e. The third kappa shape index (κ3) is 2.89. The first-order chi connectivity index (χ1) is 9.88. The third-order valence-electron chi connectivity index (χ3n) is 4.00. The van der Waals surface area contributed by atoms with E-state index < -0.39 is 0 Å². The summed E-state index contributed by atoms with van der Waals surface area (Å²) in [6.07, 6.45) is 3.58. The molecule has 0 bridgehead atoms. The van der Waals surface area contributed by atoms with Crippen LogP contribution in [0.1, 0.15) is 41.8 Å². The molecule has 3 rings (SSSR count). The second kappa shape index (κ2) is 6.42. The molecule has 0 aliphatic carbocycles. The van der Waals surface area contributed by atoms with Crippen molar-refractivity contribution < 1.29 is 0 Å². The number of para-hydroxylation sites is 1. The van der Waals surface area contributed by atoms with Crippen LogP contribution in [0.25, 0.3) is 0 Å². The molecule has 1 aliphatic rings. The fourth-order valence-electron chi connectivity index (χ4n) is 2.90. The number of aryl methyl sites for hydroxylation is 1. The van der Waals surface area contributed by atoms with Gasteiger partial charge in [0.05, 0.1) is 0 Å². The van der Waals surface area contributed by atoms with Crippen LogP contribution in [0.4, 0.5) is 5.69 Å². The average molecular weight is 286 g/mol. The lowest BCUT2D eigenvalue weighted by atomic mass is 9.99. The first-order valence-corrected chi connectivity index (χ1v) is 8.38. The molecule has 2 heterocycles. The standard InChI is InChI=1S/C17H22N2S/c1-2-15(16-9-5-11-20-16)19-12-14-7-3-6-13-8-4-10-18-17(13)14/h3,5-7,9,11,15,18-19H,2,4,8,10,12H2,1H3. The minimum atomic E-state index is 0.467. The number of hydrogen-bond donors (Lipinski definition) is 2. The van der Waals surface area contributed by atoms with Crippen LogP contribution in [0, 0.1) is 0 Å². The highest BCUT2D eigenvalue weighted by molar-refractivity contribution is 7.10. The Labute approximate surface area is 125 Å². The molecule has 2 N–H and O–H groups in total. The molecule has 3 heteroatoms. The summed E-state index contributed by atoms with van der Waals surface area (Å²) in [6, 6.07) is 11.5. The van der Waals surface area contributed by atoms with E-state index in [4.69, 9.17) is 0 Å². The van der Waals surface area contributed by atoms with Gasteiger partial charge in [-0.25, -0.2) is 0 Å². The van der Waals surface area contributed by atoms with Crippen LogP contribution >= 0.6 is 11.3 Å². The highest BCUT2D eigenvalue weighted by Crippen LogP contribution is 2.27. The van der Waals surface area contributed by atoms with Crippen LogP contribution < -0.4 is 10.6 Å². The van der Waals surface area contributed by atoms with Crippen molar-refractivity contribution in [3.05, 3.63) is 51.7 Å². The lowest BCUT2D eigenvalue weighted by molar-refractivity contribution is 0.526. The molecule has 0 fully saturated rings. The highest BCUT2D eigenvalue weighted by atomic mass is 32.1. The molecule has 0 radical (unpaired) electrons. The summed E-state index contributed by atoms with van der Waals surface area (Å²) in [5.74, 6) is 0. The molecule has 1 unspecified atom stereocenters. The van der Waals surface area contributed by atoms with Gasteiger partial charge in [-0.05, 0) is 41.8 Å². The summed E-state index contributed by atoms with van der Waals surface area (Å²) in [5, 5.41) is 9.44. The van der Waals surface area contributed by atoms with Crippen molar-refractivity contribution in [3.63, 3.8) is 0 Å². The summed E-state index contributed by atoms with van der Waals surface area (Å²) in [7, 11) is 0. The highest BCUT2D eigenvalue weighted by Gasteiger charge is 2.14. The fraction of sp³-hybridized carbons (Fsp3) is 0.412. The van der Waals surface area contributed by atoms with Crippen LogP contribution in [-0.4, -0.2) is 6.54 Å². The Kier molecular flexibility index (Phi) is 4.38. The zero-order chi connectivity index (χ0) is 13.8. The Bertz CT molecular complexity index is 548. The molecular weight excluding hydrogens is 264 g/mol. The maximum atomic E-state index is 3.71. The van der Waals surface area contributed by atoms with Gasteiger partial charge in [0, 0.05) is 29.7 Å². The Morgan fingerprint density at radius 3 is 3.05 bits per heavy atom. The minimum Gasteiger partial charge on any atom is -0.385 e. The van der Waals surface area contributed by atoms with E-state index in [0.717, 1.165) is 19.5 Å². The van der Waals surface area contributed by atoms with Gasteiger partial charge in [0.25, 0.3) is 0 Å². The summed E-state index contributed by atoms with van der Waals surface area (Å²) in [5.41, 5.74) is 4.24. The minimum absolute atomic E-state index is 0.467. The molecular formula is C17H22N2S. The van der Waals surface area contributed by atoms with Crippen LogP contribution in [0.3, 0.4) is 0 Å². The van der Waals surface area contributed by atoms with E-state index in [9.17, 15) is 0 Å². The van der Waals surface area contributed by atoms with Crippen molar-refractivity contribution >= 4 is 17.0 Å². The smallest absolute Gasteiger partial charge is 0.0418 e. The van der Waals surface area contributed by atoms with Gasteiger partial charge in [-0.2, -0.15) is 0 Å². The van der Waals surface area contributed by atoms with Gasteiger partial charge in [-0.3, -0.25) is 0 Å². The second-order valence-electron chi connectivity index (χ2n) is 5.34. The van der Waals surface area contributed by atoms with E-state index in [1.54, 1.807) is 0 Å². The van der Waals surface area contributed by atoms with Gasteiger partial charge >= 0.3 is 0 Å². The summed E-state index contributed by atoms with van der Waals surface area (Å²) in [4.78, 5) is 1.44. The number of rotatable bonds is 5. The second-order valence-corrected chi connectivity index (χ2v) is 6.32. The van der Waals surface area contributed by atoms with Crippen molar-refractivity contribution in [3.8, 4) is 0 Å². The molecule has 0 spiro atoms. The van der Waals surface area contributed by atoms with Crippen molar-refractivity contribution in [2.24, 2.45) is 0 Å². The van der Waals surface area contributed by atoms with Gasteiger partial charge in [-0.1, -0.05) is 31.2 Å². The zero-order valence-electron chi connectivity index (χ0n) is 12.0. The molecule has 106 valence electrons. The Morgan fingerprint density at radius 1 is 1.30 bits per heavy atom. The lowest BCUT2D eigenvalue weighted by Gasteiger charge is -2.23. The zero-order valence-corrected chi connectivity index (χ0v) is 12.8. The Morgan fingerprint density at radius 2 is 2.25 bits per heavy atom. The fourth-order valence-corrected chi connectivity index (χ4v) is 3.78. The van der Waals surface area contributed by atoms with Gasteiger partial charge < -0.3 is 10.6 Å². The van der Waals surface area contributed by atoms with E-state index in [1.165, 1.54) is 34.5 Å². The number of anilines is 1. The molecule has 1 aliphatic heterocycles. The number of nitrogens with one attached hydrogen (secondary N) is 2. The van der Waals surface area contributed by atoms with E-state index in [0.29, 0.717) is 6.04 Å². The summed E-state index contributed by atoms with van der Waals surface area (Å²) >= 11 is 1.84. The van der Waals surface area contributed by atoms with E-state index >= 15 is 0 Å². The van der Waals surface area contributed by atoms with Gasteiger partial charge in [0.2, 0.25) is 0 Å². The Hall–Kier alpha value is -1.32. The molecule has 2 nitrogen and oxygen atoms in total. The van der Waals surface area contributed by atoms with E-state index in [2.05, 4.69) is 53.3 Å². The van der Waals surface area contributed by atoms with Crippen LogP contribution in [-0.2, 0) is 13.0 Å². The van der Waals surface area contributed by atoms with Crippen molar-refractivity contribution in [1.29, 1.82) is 0 Å².